The first-order valence-electron chi connectivity index (χ1n) is 6.27. The molecule has 1 aromatic heterocycles. The highest BCUT2D eigenvalue weighted by Crippen LogP contribution is 2.34. The molecule has 18 heavy (non-hydrogen) atoms. The van der Waals surface area contributed by atoms with E-state index in [0.717, 1.165) is 35.9 Å². The molecule has 0 spiro atoms. The molecule has 2 aromatic rings. The normalized spacial score (nSPS) is 25.7. The first-order chi connectivity index (χ1) is 8.65. The third-order valence-electron chi connectivity index (χ3n) is 3.81. The number of likely N-dealkylation sites (tertiary alicyclic amines) is 1. The predicted octanol–water partition coefficient (Wildman–Crippen LogP) is 2.67. The lowest BCUT2D eigenvalue weighted by molar-refractivity contribution is 0.171. The molecule has 3 rings (SSSR count). The number of nitrogens with two attached hydrogens (primary N) is 1. The van der Waals surface area contributed by atoms with Gasteiger partial charge in [-0.1, -0.05) is 0 Å². The zero-order valence-corrected chi connectivity index (χ0v) is 10.4. The lowest BCUT2D eigenvalue weighted by atomic mass is 9.92. The van der Waals surface area contributed by atoms with Crippen LogP contribution in [0.3, 0.4) is 0 Å². The van der Waals surface area contributed by atoms with Crippen molar-refractivity contribution in [2.45, 2.75) is 24.9 Å². The van der Waals surface area contributed by atoms with Crippen LogP contribution in [0.25, 0.3) is 11.0 Å². The second kappa shape index (κ2) is 4.37. The molecule has 2 heterocycles. The molecule has 2 N–H and O–H groups in total. The SMILES string of the molecule is CN1CCC(N)CC1c1cc(F)cc2ccoc12. The summed E-state index contributed by atoms with van der Waals surface area (Å²) in [5, 5.41) is 0.817. The van der Waals surface area contributed by atoms with Crippen molar-refractivity contribution in [1.29, 1.82) is 0 Å². The predicted molar refractivity (Wildman–Crippen MR) is 68.8 cm³/mol. The number of furan rings is 1. The Morgan fingerprint density at radius 2 is 2.28 bits per heavy atom. The highest BCUT2D eigenvalue weighted by Gasteiger charge is 2.27. The second-order valence-corrected chi connectivity index (χ2v) is 5.11. The van der Waals surface area contributed by atoms with E-state index >= 15 is 0 Å². The molecule has 4 heteroatoms. The van der Waals surface area contributed by atoms with Crippen molar-refractivity contribution < 1.29 is 8.81 Å². The fourth-order valence-electron chi connectivity index (χ4n) is 2.79. The first-order valence-corrected chi connectivity index (χ1v) is 6.27. The van der Waals surface area contributed by atoms with E-state index in [0.29, 0.717) is 0 Å². The highest BCUT2D eigenvalue weighted by molar-refractivity contribution is 5.80. The van der Waals surface area contributed by atoms with Crippen molar-refractivity contribution in [2.24, 2.45) is 5.73 Å². The smallest absolute Gasteiger partial charge is 0.138 e. The maximum absolute atomic E-state index is 13.7. The summed E-state index contributed by atoms with van der Waals surface area (Å²) < 4.78 is 19.2. The van der Waals surface area contributed by atoms with Crippen LogP contribution in [0.1, 0.15) is 24.4 Å². The molecule has 1 aliphatic heterocycles. The highest BCUT2D eigenvalue weighted by atomic mass is 19.1. The van der Waals surface area contributed by atoms with Crippen LogP contribution in [-0.4, -0.2) is 24.5 Å². The standard InChI is InChI=1S/C14H17FN2O/c1-17-4-2-11(16)8-13(17)12-7-10(15)6-9-3-5-18-14(9)12/h3,5-7,11,13H,2,4,8,16H2,1H3. The van der Waals surface area contributed by atoms with Gasteiger partial charge in [-0.3, -0.25) is 4.90 Å². The molecule has 0 amide bonds. The second-order valence-electron chi connectivity index (χ2n) is 5.11. The van der Waals surface area contributed by atoms with Crippen molar-refractivity contribution in [3.8, 4) is 0 Å². The topological polar surface area (TPSA) is 42.4 Å². The van der Waals surface area contributed by atoms with Gasteiger partial charge in [-0.2, -0.15) is 0 Å². The van der Waals surface area contributed by atoms with Gasteiger partial charge in [-0.15, -0.1) is 0 Å². The third-order valence-corrected chi connectivity index (χ3v) is 3.81. The molecule has 1 aliphatic rings. The van der Waals surface area contributed by atoms with Crippen LogP contribution >= 0.6 is 0 Å². The molecule has 1 aromatic carbocycles. The maximum atomic E-state index is 13.7. The van der Waals surface area contributed by atoms with E-state index in [1.807, 2.05) is 0 Å². The zero-order chi connectivity index (χ0) is 12.7. The molecule has 0 saturated carbocycles. The quantitative estimate of drug-likeness (QED) is 0.843. The summed E-state index contributed by atoms with van der Waals surface area (Å²) in [6, 6.07) is 5.19. The van der Waals surface area contributed by atoms with E-state index in [-0.39, 0.29) is 17.9 Å². The molecule has 0 radical (unpaired) electrons. The summed E-state index contributed by atoms with van der Waals surface area (Å²) in [5.74, 6) is -0.216. The van der Waals surface area contributed by atoms with Crippen LogP contribution in [0.2, 0.25) is 0 Å². The summed E-state index contributed by atoms with van der Waals surface area (Å²) in [4.78, 5) is 2.22. The number of halogens is 1. The Bertz CT molecular complexity index is 566. The van der Waals surface area contributed by atoms with E-state index in [9.17, 15) is 4.39 Å². The molecule has 0 aliphatic carbocycles. The van der Waals surface area contributed by atoms with Gasteiger partial charge >= 0.3 is 0 Å². The van der Waals surface area contributed by atoms with Crippen LogP contribution < -0.4 is 5.73 Å². The van der Waals surface area contributed by atoms with E-state index in [1.54, 1.807) is 18.4 Å². The van der Waals surface area contributed by atoms with E-state index in [1.165, 1.54) is 6.07 Å². The average Bonchev–Trinajstić information content (AvgIpc) is 2.79. The zero-order valence-electron chi connectivity index (χ0n) is 10.4. The largest absolute Gasteiger partial charge is 0.464 e. The number of rotatable bonds is 1. The lowest BCUT2D eigenvalue weighted by Gasteiger charge is -2.35. The Hall–Kier alpha value is -1.39. The summed E-state index contributed by atoms with van der Waals surface area (Å²) in [6.07, 6.45) is 3.44. The molecule has 2 unspecified atom stereocenters. The van der Waals surface area contributed by atoms with Crippen LogP contribution in [-0.2, 0) is 0 Å². The van der Waals surface area contributed by atoms with Crippen molar-refractivity contribution >= 4 is 11.0 Å². The van der Waals surface area contributed by atoms with Crippen molar-refractivity contribution in [1.82, 2.24) is 4.90 Å². The molecule has 0 bridgehead atoms. The summed E-state index contributed by atoms with van der Waals surface area (Å²) in [7, 11) is 2.05. The third kappa shape index (κ3) is 1.91. The van der Waals surface area contributed by atoms with Crippen molar-refractivity contribution in [3.05, 3.63) is 35.8 Å². The van der Waals surface area contributed by atoms with Gasteiger partial charge in [0.15, 0.2) is 0 Å². The molecule has 1 saturated heterocycles. The minimum Gasteiger partial charge on any atom is -0.464 e. The van der Waals surface area contributed by atoms with Gasteiger partial charge in [-0.05, 0) is 44.6 Å². The Morgan fingerprint density at radius 1 is 1.44 bits per heavy atom. The molecule has 1 fully saturated rings. The molecule has 2 atom stereocenters. The van der Waals surface area contributed by atoms with Gasteiger partial charge in [0.1, 0.15) is 11.4 Å². The Labute approximate surface area is 105 Å². The van der Waals surface area contributed by atoms with Gasteiger partial charge < -0.3 is 10.2 Å². The van der Waals surface area contributed by atoms with Crippen molar-refractivity contribution in [2.75, 3.05) is 13.6 Å². The van der Waals surface area contributed by atoms with Gasteiger partial charge in [0.2, 0.25) is 0 Å². The minimum atomic E-state index is -0.216. The first kappa shape index (κ1) is 11.7. The fourth-order valence-corrected chi connectivity index (χ4v) is 2.79. The Kier molecular flexibility index (Phi) is 2.84. The van der Waals surface area contributed by atoms with Gasteiger partial charge in [-0.25, -0.2) is 4.39 Å². The molecule has 3 nitrogen and oxygen atoms in total. The number of nitrogens with zero attached hydrogens (tertiary/aromatic N) is 1. The summed E-state index contributed by atoms with van der Waals surface area (Å²) >= 11 is 0. The van der Waals surface area contributed by atoms with E-state index in [4.69, 9.17) is 10.2 Å². The number of hydrogen-bond donors (Lipinski definition) is 1. The van der Waals surface area contributed by atoms with Gasteiger partial charge in [0.25, 0.3) is 0 Å². The van der Waals surface area contributed by atoms with Crippen LogP contribution in [0.15, 0.2) is 28.9 Å². The van der Waals surface area contributed by atoms with Crippen LogP contribution in [0.5, 0.6) is 0 Å². The number of fused-ring (bicyclic) bond motifs is 1. The Balaban J connectivity index is 2.09. The van der Waals surface area contributed by atoms with Crippen LogP contribution in [0.4, 0.5) is 4.39 Å². The number of hydrogen-bond acceptors (Lipinski definition) is 3. The summed E-state index contributed by atoms with van der Waals surface area (Å²) in [5.41, 5.74) is 7.72. The number of piperidine rings is 1. The van der Waals surface area contributed by atoms with Gasteiger partial charge in [0, 0.05) is 23.0 Å². The number of benzene rings is 1. The van der Waals surface area contributed by atoms with Crippen molar-refractivity contribution in [3.63, 3.8) is 0 Å². The van der Waals surface area contributed by atoms with Gasteiger partial charge in [0.05, 0.1) is 6.26 Å². The Morgan fingerprint density at radius 3 is 3.11 bits per heavy atom. The molecular formula is C14H17FN2O. The monoisotopic (exact) mass is 248 g/mol. The van der Waals surface area contributed by atoms with Crippen LogP contribution in [0, 0.1) is 5.82 Å². The average molecular weight is 248 g/mol. The molecule has 96 valence electrons. The van der Waals surface area contributed by atoms with E-state index < -0.39 is 0 Å². The molecular weight excluding hydrogens is 231 g/mol. The lowest BCUT2D eigenvalue weighted by Crippen LogP contribution is -2.40. The maximum Gasteiger partial charge on any atom is 0.138 e. The minimum absolute atomic E-state index is 0.137. The summed E-state index contributed by atoms with van der Waals surface area (Å²) in [6.45, 7) is 0.935. The van der Waals surface area contributed by atoms with E-state index in [2.05, 4.69) is 11.9 Å². The fraction of sp³-hybridized carbons (Fsp3) is 0.429.